The molecule has 0 bridgehead atoms. The summed E-state index contributed by atoms with van der Waals surface area (Å²) in [6.45, 7) is 2.40. The van der Waals surface area contributed by atoms with Gasteiger partial charge < -0.3 is 10.2 Å². The van der Waals surface area contributed by atoms with Crippen LogP contribution in [0.3, 0.4) is 0 Å². The molecular weight excluding hydrogens is 316 g/mol. The number of hydrogen-bond acceptors (Lipinski definition) is 4. The number of pyridine rings is 1. The molecule has 2 aromatic heterocycles. The van der Waals surface area contributed by atoms with Gasteiger partial charge in [-0.05, 0) is 38.4 Å². The summed E-state index contributed by atoms with van der Waals surface area (Å²) in [5.41, 5.74) is 1.82. The molecule has 134 valence electrons. The molecule has 0 radical (unpaired) electrons. The van der Waals surface area contributed by atoms with Crippen molar-refractivity contribution < 1.29 is 4.79 Å². The topological polar surface area (TPSA) is 66.3 Å². The molecule has 1 aliphatic heterocycles. The zero-order valence-electron chi connectivity index (χ0n) is 14.9. The SMILES string of the molecule is CN(Cc1ccccn1)[C@H]1CCCN(C(=O)Nc2cnn(C)c2)CC1. The molecule has 1 atom stereocenters. The first-order valence-electron chi connectivity index (χ1n) is 8.76. The first-order chi connectivity index (χ1) is 12.1. The minimum Gasteiger partial charge on any atom is -0.324 e. The van der Waals surface area contributed by atoms with Gasteiger partial charge in [-0.15, -0.1) is 0 Å². The molecule has 0 unspecified atom stereocenters. The zero-order chi connectivity index (χ0) is 17.6. The van der Waals surface area contributed by atoms with E-state index in [9.17, 15) is 4.79 Å². The summed E-state index contributed by atoms with van der Waals surface area (Å²) in [6, 6.07) is 6.45. The van der Waals surface area contributed by atoms with Crippen molar-refractivity contribution in [1.29, 1.82) is 0 Å². The number of nitrogens with one attached hydrogen (secondary N) is 1. The van der Waals surface area contributed by atoms with Gasteiger partial charge in [-0.25, -0.2) is 4.79 Å². The highest BCUT2D eigenvalue weighted by atomic mass is 16.2. The van der Waals surface area contributed by atoms with Gasteiger partial charge in [-0.1, -0.05) is 6.07 Å². The maximum Gasteiger partial charge on any atom is 0.321 e. The molecule has 1 N–H and O–H groups in total. The Morgan fingerprint density at radius 3 is 2.96 bits per heavy atom. The Morgan fingerprint density at radius 1 is 1.36 bits per heavy atom. The van der Waals surface area contributed by atoms with E-state index in [4.69, 9.17) is 0 Å². The molecule has 0 aromatic carbocycles. The lowest BCUT2D eigenvalue weighted by Gasteiger charge is -2.27. The monoisotopic (exact) mass is 342 g/mol. The molecule has 1 fully saturated rings. The van der Waals surface area contributed by atoms with E-state index in [2.05, 4.69) is 33.4 Å². The highest BCUT2D eigenvalue weighted by molar-refractivity contribution is 5.89. The first-order valence-corrected chi connectivity index (χ1v) is 8.76. The van der Waals surface area contributed by atoms with Crippen LogP contribution in [0.1, 0.15) is 25.0 Å². The van der Waals surface area contributed by atoms with Gasteiger partial charge in [0.25, 0.3) is 0 Å². The average molecular weight is 342 g/mol. The lowest BCUT2D eigenvalue weighted by atomic mass is 10.1. The summed E-state index contributed by atoms with van der Waals surface area (Å²) in [7, 11) is 3.98. The van der Waals surface area contributed by atoms with E-state index in [1.807, 2.05) is 30.3 Å². The largest absolute Gasteiger partial charge is 0.324 e. The summed E-state index contributed by atoms with van der Waals surface area (Å²) in [6.07, 6.45) is 8.39. The molecule has 0 saturated carbocycles. The second-order valence-electron chi connectivity index (χ2n) is 6.64. The summed E-state index contributed by atoms with van der Waals surface area (Å²) < 4.78 is 1.68. The number of amides is 2. The summed E-state index contributed by atoms with van der Waals surface area (Å²) in [4.78, 5) is 21.1. The van der Waals surface area contributed by atoms with Crippen molar-refractivity contribution in [2.45, 2.75) is 31.8 Å². The Kier molecular flexibility index (Phi) is 5.65. The van der Waals surface area contributed by atoms with Crippen molar-refractivity contribution in [2.24, 2.45) is 7.05 Å². The minimum absolute atomic E-state index is 0.0407. The molecule has 0 spiro atoms. The maximum atomic E-state index is 12.5. The number of carbonyl (C=O) groups excluding carboxylic acids is 1. The fourth-order valence-corrected chi connectivity index (χ4v) is 3.29. The van der Waals surface area contributed by atoms with Gasteiger partial charge in [-0.3, -0.25) is 14.6 Å². The third kappa shape index (κ3) is 4.79. The summed E-state index contributed by atoms with van der Waals surface area (Å²) in [5, 5.41) is 7.00. The Labute approximate surface area is 148 Å². The number of anilines is 1. The highest BCUT2D eigenvalue weighted by Crippen LogP contribution is 2.18. The van der Waals surface area contributed by atoms with Crippen LogP contribution >= 0.6 is 0 Å². The van der Waals surface area contributed by atoms with E-state index in [1.54, 1.807) is 17.1 Å². The maximum absolute atomic E-state index is 12.5. The van der Waals surface area contributed by atoms with Crippen molar-refractivity contribution >= 4 is 11.7 Å². The smallest absolute Gasteiger partial charge is 0.321 e. The van der Waals surface area contributed by atoms with E-state index in [0.29, 0.717) is 6.04 Å². The van der Waals surface area contributed by atoms with E-state index in [1.165, 1.54) is 0 Å². The predicted octanol–water partition coefficient (Wildman–Crippen LogP) is 2.33. The normalized spacial score (nSPS) is 18.2. The van der Waals surface area contributed by atoms with Gasteiger partial charge in [0.2, 0.25) is 0 Å². The number of rotatable bonds is 4. The van der Waals surface area contributed by atoms with Crippen LogP contribution in [-0.2, 0) is 13.6 Å². The Morgan fingerprint density at radius 2 is 2.24 bits per heavy atom. The Bertz CT molecular complexity index is 686. The number of nitrogens with zero attached hydrogens (tertiary/aromatic N) is 5. The fourth-order valence-electron chi connectivity index (χ4n) is 3.29. The van der Waals surface area contributed by atoms with Gasteiger partial charge in [0.1, 0.15) is 0 Å². The number of urea groups is 1. The van der Waals surface area contributed by atoms with E-state index < -0.39 is 0 Å². The molecule has 1 saturated heterocycles. The van der Waals surface area contributed by atoms with Gasteiger partial charge >= 0.3 is 6.03 Å². The predicted molar refractivity (Wildman–Crippen MR) is 97.1 cm³/mol. The average Bonchev–Trinajstić information content (AvgIpc) is 2.86. The first kappa shape index (κ1) is 17.4. The van der Waals surface area contributed by atoms with Gasteiger partial charge in [0.05, 0.1) is 17.6 Å². The van der Waals surface area contributed by atoms with Crippen LogP contribution in [0.5, 0.6) is 0 Å². The van der Waals surface area contributed by atoms with Crippen molar-refractivity contribution in [3.8, 4) is 0 Å². The molecular formula is C18H26N6O. The van der Waals surface area contributed by atoms with Crippen LogP contribution in [0.2, 0.25) is 0 Å². The van der Waals surface area contributed by atoms with Crippen LogP contribution in [0.4, 0.5) is 10.5 Å². The number of aryl methyl sites for hydroxylation is 1. The van der Waals surface area contributed by atoms with Crippen molar-refractivity contribution in [3.63, 3.8) is 0 Å². The molecule has 0 aliphatic carbocycles. The van der Waals surface area contributed by atoms with Crippen molar-refractivity contribution in [2.75, 3.05) is 25.5 Å². The van der Waals surface area contributed by atoms with Crippen LogP contribution in [0.25, 0.3) is 0 Å². The zero-order valence-corrected chi connectivity index (χ0v) is 14.9. The van der Waals surface area contributed by atoms with Crippen LogP contribution in [-0.4, -0.2) is 56.8 Å². The van der Waals surface area contributed by atoms with Crippen LogP contribution in [0, 0.1) is 0 Å². The fraction of sp³-hybridized carbons (Fsp3) is 0.500. The van der Waals surface area contributed by atoms with E-state index >= 15 is 0 Å². The second kappa shape index (κ2) is 8.11. The van der Waals surface area contributed by atoms with Gasteiger partial charge in [0.15, 0.2) is 0 Å². The number of aromatic nitrogens is 3. The molecule has 3 heterocycles. The minimum atomic E-state index is -0.0407. The molecule has 7 heteroatoms. The highest BCUT2D eigenvalue weighted by Gasteiger charge is 2.23. The van der Waals surface area contributed by atoms with Gasteiger partial charge in [0, 0.05) is 45.1 Å². The van der Waals surface area contributed by atoms with Crippen molar-refractivity contribution in [1.82, 2.24) is 24.6 Å². The lowest BCUT2D eigenvalue weighted by molar-refractivity contribution is 0.200. The molecule has 1 aliphatic rings. The number of hydrogen-bond donors (Lipinski definition) is 1. The Hall–Kier alpha value is -2.41. The third-order valence-electron chi connectivity index (χ3n) is 4.70. The van der Waals surface area contributed by atoms with Crippen molar-refractivity contribution in [3.05, 3.63) is 42.5 Å². The summed E-state index contributed by atoms with van der Waals surface area (Å²) >= 11 is 0. The summed E-state index contributed by atoms with van der Waals surface area (Å²) in [5.74, 6) is 0. The Balaban J connectivity index is 1.52. The van der Waals surface area contributed by atoms with Gasteiger partial charge in [-0.2, -0.15) is 5.10 Å². The molecule has 2 aromatic rings. The van der Waals surface area contributed by atoms with Crippen LogP contribution in [0.15, 0.2) is 36.8 Å². The molecule has 7 nitrogen and oxygen atoms in total. The van der Waals surface area contributed by atoms with Crippen LogP contribution < -0.4 is 5.32 Å². The standard InChI is InChI=1S/C18H26N6O/c1-22(13-15-6-3-4-9-19-15)17-7-5-10-24(11-8-17)18(25)21-16-12-20-23(2)14-16/h3-4,6,9,12,14,17H,5,7-8,10-11,13H2,1-2H3,(H,21,25)/t17-/m0/s1. The quantitative estimate of drug-likeness (QED) is 0.926. The van der Waals surface area contributed by atoms with E-state index in [-0.39, 0.29) is 6.03 Å². The van der Waals surface area contributed by atoms with E-state index in [0.717, 1.165) is 50.3 Å². The molecule has 3 rings (SSSR count). The number of likely N-dealkylation sites (tertiary alicyclic amines) is 1. The third-order valence-corrected chi connectivity index (χ3v) is 4.70. The second-order valence-corrected chi connectivity index (χ2v) is 6.64. The molecule has 25 heavy (non-hydrogen) atoms. The number of carbonyl (C=O) groups is 1. The lowest BCUT2D eigenvalue weighted by Crippen LogP contribution is -2.37. The molecule has 2 amide bonds.